The number of hydrogen-bond donors (Lipinski definition) is 1. The Balaban J connectivity index is 2.10. The first-order chi connectivity index (χ1) is 12.3. The number of primary sulfonamides is 1. The van der Waals surface area contributed by atoms with Crippen LogP contribution in [-0.4, -0.2) is 24.5 Å². The number of halogens is 2. The summed E-state index contributed by atoms with van der Waals surface area (Å²) in [6, 6.07) is 14.3. The number of sulfonamides is 1. The lowest BCUT2D eigenvalue weighted by Crippen LogP contribution is -2.12. The molecule has 3 rings (SSSR count). The van der Waals surface area contributed by atoms with E-state index in [4.69, 9.17) is 5.14 Å². The highest BCUT2D eigenvalue weighted by atomic mass is 32.2. The highest BCUT2D eigenvalue weighted by Crippen LogP contribution is 2.29. The van der Waals surface area contributed by atoms with E-state index in [1.165, 1.54) is 35.0 Å². The zero-order chi connectivity index (χ0) is 18.9. The van der Waals surface area contributed by atoms with Crippen molar-refractivity contribution in [1.29, 1.82) is 0 Å². The molecule has 0 unspecified atom stereocenters. The number of benzene rings is 2. The Hall–Kier alpha value is -2.23. The van der Waals surface area contributed by atoms with Crippen molar-refractivity contribution in [3.8, 4) is 16.9 Å². The van der Waals surface area contributed by atoms with Gasteiger partial charge in [-0.2, -0.15) is 5.10 Å². The maximum atomic E-state index is 13.2. The smallest absolute Gasteiger partial charge is 0.233 e. The normalized spacial score (nSPS) is 11.9. The number of nitrogens with zero attached hydrogens (tertiary/aromatic N) is 2. The molecule has 3 aromatic rings. The Labute approximate surface area is 153 Å². The van der Waals surface area contributed by atoms with Gasteiger partial charge in [-0.05, 0) is 48.7 Å². The third-order valence-electron chi connectivity index (χ3n) is 3.75. The minimum atomic E-state index is -3.83. The molecule has 9 heteroatoms. The van der Waals surface area contributed by atoms with E-state index in [-0.39, 0.29) is 10.6 Å². The summed E-state index contributed by atoms with van der Waals surface area (Å²) in [6.07, 6.45) is -0.773. The van der Waals surface area contributed by atoms with E-state index in [1.807, 2.05) is 30.5 Å². The van der Waals surface area contributed by atoms with E-state index in [9.17, 15) is 17.2 Å². The molecule has 0 spiro atoms. The first-order valence-electron chi connectivity index (χ1n) is 7.45. The molecule has 1 heterocycles. The molecule has 0 amide bonds. The minimum absolute atomic E-state index is 0.0617. The summed E-state index contributed by atoms with van der Waals surface area (Å²) in [5.74, 6) is 0. The Morgan fingerprint density at radius 1 is 1.08 bits per heavy atom. The largest absolute Gasteiger partial charge is 0.282 e. The van der Waals surface area contributed by atoms with Gasteiger partial charge in [-0.3, -0.25) is 0 Å². The Bertz CT molecular complexity index is 1020. The van der Waals surface area contributed by atoms with Gasteiger partial charge < -0.3 is 0 Å². The lowest BCUT2D eigenvalue weighted by molar-refractivity contribution is 0.145. The van der Waals surface area contributed by atoms with Crippen LogP contribution in [0.25, 0.3) is 16.9 Å². The lowest BCUT2D eigenvalue weighted by Gasteiger charge is -2.09. The molecule has 2 N–H and O–H groups in total. The van der Waals surface area contributed by atoms with Crippen molar-refractivity contribution in [2.45, 2.75) is 16.2 Å². The summed E-state index contributed by atoms with van der Waals surface area (Å²) in [5.41, 5.74) is 1.30. The zero-order valence-corrected chi connectivity index (χ0v) is 15.3. The summed E-state index contributed by atoms with van der Waals surface area (Å²) >= 11 is 1.58. The molecule has 0 aliphatic carbocycles. The van der Waals surface area contributed by atoms with Crippen LogP contribution in [0.3, 0.4) is 0 Å². The highest BCUT2D eigenvalue weighted by Gasteiger charge is 2.18. The molecule has 2 aromatic carbocycles. The van der Waals surface area contributed by atoms with Gasteiger partial charge in [-0.1, -0.05) is 12.1 Å². The standard InChI is InChI=1S/C17H15F2N3O2S2/c1-25-13-6-2-11(3-7-13)16-10-15(17(18)19)21-22(16)12-4-8-14(9-5-12)26(20,23)24/h2-10,17H,1H3,(H2,20,23,24). The molecule has 1 aromatic heterocycles. The van der Waals surface area contributed by atoms with E-state index in [2.05, 4.69) is 5.10 Å². The molecule has 0 atom stereocenters. The molecule has 0 fully saturated rings. The van der Waals surface area contributed by atoms with Crippen molar-refractivity contribution in [3.63, 3.8) is 0 Å². The molecular weight excluding hydrogens is 380 g/mol. The second-order valence-corrected chi connectivity index (χ2v) is 7.88. The van der Waals surface area contributed by atoms with E-state index >= 15 is 0 Å². The molecule has 0 aliphatic rings. The van der Waals surface area contributed by atoms with Crippen molar-refractivity contribution in [2.75, 3.05) is 6.26 Å². The van der Waals surface area contributed by atoms with Gasteiger partial charge >= 0.3 is 0 Å². The average molecular weight is 395 g/mol. The monoisotopic (exact) mass is 395 g/mol. The maximum Gasteiger partial charge on any atom is 0.282 e. The third-order valence-corrected chi connectivity index (χ3v) is 5.42. The fourth-order valence-electron chi connectivity index (χ4n) is 2.45. The second-order valence-electron chi connectivity index (χ2n) is 5.43. The molecular formula is C17H15F2N3O2S2. The van der Waals surface area contributed by atoms with Crippen molar-refractivity contribution in [2.24, 2.45) is 5.14 Å². The maximum absolute atomic E-state index is 13.2. The Kier molecular flexibility index (Phi) is 5.12. The van der Waals surface area contributed by atoms with E-state index < -0.39 is 16.4 Å². The number of alkyl halides is 2. The van der Waals surface area contributed by atoms with Crippen LogP contribution < -0.4 is 5.14 Å². The SMILES string of the molecule is CSc1ccc(-c2cc(C(F)F)nn2-c2ccc(S(N)(=O)=O)cc2)cc1. The highest BCUT2D eigenvalue weighted by molar-refractivity contribution is 7.98. The second kappa shape index (κ2) is 7.18. The molecule has 0 saturated heterocycles. The Morgan fingerprint density at radius 3 is 2.19 bits per heavy atom. The average Bonchev–Trinajstić information content (AvgIpc) is 3.07. The van der Waals surface area contributed by atoms with Gasteiger partial charge in [0.15, 0.2) is 0 Å². The fourth-order valence-corrected chi connectivity index (χ4v) is 3.37. The number of thioether (sulfide) groups is 1. The van der Waals surface area contributed by atoms with Crippen LogP contribution in [-0.2, 0) is 10.0 Å². The van der Waals surface area contributed by atoms with Crippen molar-refractivity contribution in [3.05, 3.63) is 60.3 Å². The molecule has 0 bridgehead atoms. The first kappa shape index (κ1) is 18.6. The summed E-state index contributed by atoms with van der Waals surface area (Å²) in [4.78, 5) is 0.986. The van der Waals surface area contributed by atoms with Crippen LogP contribution >= 0.6 is 11.8 Å². The van der Waals surface area contributed by atoms with Crippen molar-refractivity contribution in [1.82, 2.24) is 9.78 Å². The third kappa shape index (κ3) is 3.79. The number of nitrogens with two attached hydrogens (primary N) is 1. The van der Waals surface area contributed by atoms with E-state index in [0.29, 0.717) is 11.4 Å². The predicted octanol–water partition coefficient (Wildman–Crippen LogP) is 3.85. The zero-order valence-electron chi connectivity index (χ0n) is 13.6. The van der Waals surface area contributed by atoms with E-state index in [1.54, 1.807) is 11.8 Å². The van der Waals surface area contributed by atoms with Gasteiger partial charge in [0, 0.05) is 10.5 Å². The fraction of sp³-hybridized carbons (Fsp3) is 0.118. The summed E-state index contributed by atoms with van der Waals surface area (Å²) < 4.78 is 50.4. The molecule has 5 nitrogen and oxygen atoms in total. The van der Waals surface area contributed by atoms with Gasteiger partial charge in [-0.25, -0.2) is 27.0 Å². The number of rotatable bonds is 5. The van der Waals surface area contributed by atoms with Crippen LogP contribution in [0.4, 0.5) is 8.78 Å². The molecule has 136 valence electrons. The van der Waals surface area contributed by atoms with Crippen molar-refractivity contribution >= 4 is 21.8 Å². The van der Waals surface area contributed by atoms with Gasteiger partial charge in [0.1, 0.15) is 5.69 Å². The summed E-state index contributed by atoms with van der Waals surface area (Å²) in [7, 11) is -3.83. The van der Waals surface area contributed by atoms with Gasteiger partial charge in [0.2, 0.25) is 10.0 Å². The summed E-state index contributed by atoms with van der Waals surface area (Å²) in [5, 5.41) is 9.06. The molecule has 0 radical (unpaired) electrons. The van der Waals surface area contributed by atoms with E-state index in [0.717, 1.165) is 10.5 Å². The van der Waals surface area contributed by atoms with Crippen LogP contribution in [0.15, 0.2) is 64.4 Å². The number of aromatic nitrogens is 2. The van der Waals surface area contributed by atoms with Crippen LogP contribution in [0.2, 0.25) is 0 Å². The molecule has 0 aliphatic heterocycles. The summed E-state index contributed by atoms with van der Waals surface area (Å²) in [6.45, 7) is 0. The van der Waals surface area contributed by atoms with Crippen LogP contribution in [0.1, 0.15) is 12.1 Å². The Morgan fingerprint density at radius 2 is 1.69 bits per heavy atom. The van der Waals surface area contributed by atoms with Gasteiger partial charge in [-0.15, -0.1) is 11.8 Å². The molecule has 0 saturated carbocycles. The predicted molar refractivity (Wildman–Crippen MR) is 97.1 cm³/mol. The number of hydrogen-bond acceptors (Lipinski definition) is 4. The minimum Gasteiger partial charge on any atom is -0.233 e. The first-order valence-corrected chi connectivity index (χ1v) is 10.2. The quantitative estimate of drug-likeness (QED) is 0.666. The van der Waals surface area contributed by atoms with Gasteiger partial charge in [0.25, 0.3) is 6.43 Å². The van der Waals surface area contributed by atoms with Crippen LogP contribution in [0.5, 0.6) is 0 Å². The van der Waals surface area contributed by atoms with Crippen molar-refractivity contribution < 1.29 is 17.2 Å². The topological polar surface area (TPSA) is 78.0 Å². The van der Waals surface area contributed by atoms with Gasteiger partial charge in [0.05, 0.1) is 16.3 Å². The van der Waals surface area contributed by atoms with Crippen LogP contribution in [0, 0.1) is 0 Å². The molecule has 26 heavy (non-hydrogen) atoms. The lowest BCUT2D eigenvalue weighted by atomic mass is 10.1.